The molecule has 0 spiro atoms. The molecule has 2 rings (SSSR count). The molecule has 0 aromatic heterocycles. The highest BCUT2D eigenvalue weighted by atomic mass is 19.1. The summed E-state index contributed by atoms with van der Waals surface area (Å²) in [4.78, 5) is 0. The number of aryl methyl sites for hydroxylation is 1. The number of halogens is 2. The largest absolute Gasteiger partial charge is 0.494 e. The Morgan fingerprint density at radius 2 is 1.65 bits per heavy atom. The minimum atomic E-state index is -0.413. The van der Waals surface area contributed by atoms with Gasteiger partial charge in [-0.1, -0.05) is 18.2 Å². The van der Waals surface area contributed by atoms with Crippen molar-refractivity contribution < 1.29 is 13.5 Å². The Morgan fingerprint density at radius 3 is 2.20 bits per heavy atom. The van der Waals surface area contributed by atoms with Crippen LogP contribution in [0.2, 0.25) is 0 Å². The van der Waals surface area contributed by atoms with E-state index in [1.54, 1.807) is 38.2 Å². The van der Waals surface area contributed by atoms with Crippen LogP contribution in [-0.2, 0) is 0 Å². The standard InChI is InChI=1S/C16H17F2NO/c1-10-8-11(4-6-13(10)17)16(19-2)12-5-7-15(20-3)14(18)9-12/h4-9,16,19H,1-3H3. The molecule has 2 aromatic rings. The van der Waals surface area contributed by atoms with Crippen LogP contribution in [0.25, 0.3) is 0 Å². The molecule has 1 atom stereocenters. The highest BCUT2D eigenvalue weighted by Crippen LogP contribution is 2.27. The van der Waals surface area contributed by atoms with Gasteiger partial charge in [0.15, 0.2) is 11.6 Å². The number of benzene rings is 2. The van der Waals surface area contributed by atoms with Crippen molar-refractivity contribution in [1.82, 2.24) is 5.32 Å². The van der Waals surface area contributed by atoms with E-state index in [0.717, 1.165) is 11.1 Å². The molecule has 2 nitrogen and oxygen atoms in total. The predicted octanol–water partition coefficient (Wildman–Crippen LogP) is 3.59. The first-order valence-electron chi connectivity index (χ1n) is 6.33. The van der Waals surface area contributed by atoms with E-state index in [1.807, 2.05) is 0 Å². The molecule has 106 valence electrons. The van der Waals surface area contributed by atoms with E-state index in [1.165, 1.54) is 19.2 Å². The molecule has 0 heterocycles. The lowest BCUT2D eigenvalue weighted by Gasteiger charge is -2.18. The normalized spacial score (nSPS) is 12.2. The first-order valence-corrected chi connectivity index (χ1v) is 6.33. The van der Waals surface area contributed by atoms with E-state index < -0.39 is 5.82 Å². The fraction of sp³-hybridized carbons (Fsp3) is 0.250. The Bertz CT molecular complexity index is 613. The highest BCUT2D eigenvalue weighted by molar-refractivity contribution is 5.38. The van der Waals surface area contributed by atoms with Gasteiger partial charge in [0.25, 0.3) is 0 Å². The minimum Gasteiger partial charge on any atom is -0.494 e. The topological polar surface area (TPSA) is 21.3 Å². The van der Waals surface area contributed by atoms with Gasteiger partial charge >= 0.3 is 0 Å². The molecule has 0 radical (unpaired) electrons. The van der Waals surface area contributed by atoms with Gasteiger partial charge in [0.05, 0.1) is 13.2 Å². The molecule has 2 aromatic carbocycles. The predicted molar refractivity (Wildman–Crippen MR) is 75.0 cm³/mol. The molecular formula is C16H17F2NO. The zero-order valence-corrected chi connectivity index (χ0v) is 11.7. The highest BCUT2D eigenvalue weighted by Gasteiger charge is 2.15. The first kappa shape index (κ1) is 14.5. The molecule has 0 aliphatic rings. The molecular weight excluding hydrogens is 260 g/mol. The van der Waals surface area contributed by atoms with E-state index >= 15 is 0 Å². The quantitative estimate of drug-likeness (QED) is 0.922. The Morgan fingerprint density at radius 1 is 1.00 bits per heavy atom. The zero-order valence-electron chi connectivity index (χ0n) is 11.7. The van der Waals surface area contributed by atoms with E-state index in [4.69, 9.17) is 4.74 Å². The number of hydrogen-bond donors (Lipinski definition) is 1. The van der Waals surface area contributed by atoms with Crippen LogP contribution in [0.5, 0.6) is 5.75 Å². The smallest absolute Gasteiger partial charge is 0.165 e. The van der Waals surface area contributed by atoms with Gasteiger partial charge in [-0.2, -0.15) is 0 Å². The second-order valence-electron chi connectivity index (χ2n) is 4.62. The summed E-state index contributed by atoms with van der Waals surface area (Å²) in [6.45, 7) is 1.71. The van der Waals surface area contributed by atoms with Crippen LogP contribution in [0.1, 0.15) is 22.7 Å². The molecule has 0 fully saturated rings. The molecule has 0 aliphatic heterocycles. The SMILES string of the molecule is CNC(c1ccc(F)c(C)c1)c1ccc(OC)c(F)c1. The third-order valence-electron chi connectivity index (χ3n) is 3.31. The molecule has 0 saturated heterocycles. The Balaban J connectivity index is 2.41. The number of hydrogen-bond acceptors (Lipinski definition) is 2. The first-order chi connectivity index (χ1) is 9.56. The summed E-state index contributed by atoms with van der Waals surface area (Å²) in [5, 5.41) is 3.12. The van der Waals surface area contributed by atoms with Gasteiger partial charge in [-0.25, -0.2) is 8.78 Å². The maximum absolute atomic E-state index is 13.8. The van der Waals surface area contributed by atoms with Crippen molar-refractivity contribution in [1.29, 1.82) is 0 Å². The van der Waals surface area contributed by atoms with E-state index in [2.05, 4.69) is 5.32 Å². The molecule has 0 bridgehead atoms. The van der Waals surface area contributed by atoms with E-state index in [9.17, 15) is 8.78 Å². The number of ether oxygens (including phenoxy) is 1. The number of rotatable bonds is 4. The average Bonchev–Trinajstić information content (AvgIpc) is 2.44. The molecule has 1 N–H and O–H groups in total. The van der Waals surface area contributed by atoms with Crippen molar-refractivity contribution in [3.63, 3.8) is 0 Å². The second-order valence-corrected chi connectivity index (χ2v) is 4.62. The van der Waals surface area contributed by atoms with Crippen LogP contribution in [0, 0.1) is 18.6 Å². The molecule has 0 aliphatic carbocycles. The second kappa shape index (κ2) is 6.01. The lowest BCUT2D eigenvalue weighted by Crippen LogP contribution is -2.18. The van der Waals surface area contributed by atoms with Crippen LogP contribution >= 0.6 is 0 Å². The van der Waals surface area contributed by atoms with Crippen molar-refractivity contribution in [3.05, 3.63) is 64.7 Å². The van der Waals surface area contributed by atoms with Gasteiger partial charge < -0.3 is 10.1 Å². The minimum absolute atomic E-state index is 0.199. The van der Waals surface area contributed by atoms with Gasteiger partial charge in [0.1, 0.15) is 5.82 Å². The van der Waals surface area contributed by atoms with Crippen LogP contribution in [0.15, 0.2) is 36.4 Å². The van der Waals surface area contributed by atoms with Crippen molar-refractivity contribution in [3.8, 4) is 5.75 Å². The summed E-state index contributed by atoms with van der Waals surface area (Å²) >= 11 is 0. The van der Waals surface area contributed by atoms with Crippen LogP contribution < -0.4 is 10.1 Å². The third kappa shape index (κ3) is 2.80. The molecule has 1 unspecified atom stereocenters. The maximum Gasteiger partial charge on any atom is 0.165 e. The van der Waals surface area contributed by atoms with E-state index in [-0.39, 0.29) is 17.6 Å². The van der Waals surface area contributed by atoms with Crippen molar-refractivity contribution in [2.75, 3.05) is 14.2 Å². The monoisotopic (exact) mass is 277 g/mol. The lowest BCUT2D eigenvalue weighted by molar-refractivity contribution is 0.386. The zero-order chi connectivity index (χ0) is 14.7. The summed E-state index contributed by atoms with van der Waals surface area (Å²) < 4.78 is 32.0. The molecule has 0 amide bonds. The van der Waals surface area contributed by atoms with Gasteiger partial charge in [-0.15, -0.1) is 0 Å². The Kier molecular flexibility index (Phi) is 4.35. The number of nitrogens with one attached hydrogen (secondary N) is 1. The fourth-order valence-electron chi connectivity index (χ4n) is 2.24. The third-order valence-corrected chi connectivity index (χ3v) is 3.31. The average molecular weight is 277 g/mol. The van der Waals surface area contributed by atoms with Crippen molar-refractivity contribution in [2.24, 2.45) is 0 Å². The summed E-state index contributed by atoms with van der Waals surface area (Å²) in [5.74, 6) is -0.451. The Hall–Kier alpha value is -1.94. The maximum atomic E-state index is 13.8. The van der Waals surface area contributed by atoms with Crippen LogP contribution in [0.3, 0.4) is 0 Å². The van der Waals surface area contributed by atoms with E-state index in [0.29, 0.717) is 5.56 Å². The molecule has 4 heteroatoms. The van der Waals surface area contributed by atoms with Gasteiger partial charge in [0.2, 0.25) is 0 Å². The van der Waals surface area contributed by atoms with Gasteiger partial charge in [0, 0.05) is 0 Å². The summed E-state index contributed by atoms with van der Waals surface area (Å²) in [6.07, 6.45) is 0. The van der Waals surface area contributed by atoms with Crippen LogP contribution in [0.4, 0.5) is 8.78 Å². The lowest BCUT2D eigenvalue weighted by atomic mass is 9.97. The van der Waals surface area contributed by atoms with Gasteiger partial charge in [-0.05, 0) is 48.9 Å². The fourth-order valence-corrected chi connectivity index (χ4v) is 2.24. The summed E-state index contributed by atoms with van der Waals surface area (Å²) in [7, 11) is 3.21. The van der Waals surface area contributed by atoms with Crippen molar-refractivity contribution in [2.45, 2.75) is 13.0 Å². The Labute approximate surface area is 117 Å². The van der Waals surface area contributed by atoms with Crippen molar-refractivity contribution >= 4 is 0 Å². The molecule has 20 heavy (non-hydrogen) atoms. The molecule has 0 saturated carbocycles. The van der Waals surface area contributed by atoms with Crippen LogP contribution in [-0.4, -0.2) is 14.2 Å². The summed E-state index contributed by atoms with van der Waals surface area (Å²) in [6, 6.07) is 9.50. The van der Waals surface area contributed by atoms with Gasteiger partial charge in [-0.3, -0.25) is 0 Å². The number of methoxy groups -OCH3 is 1. The summed E-state index contributed by atoms with van der Waals surface area (Å²) in [5.41, 5.74) is 2.21.